The predicted molar refractivity (Wildman–Crippen MR) is 123 cm³/mol. The van der Waals surface area contributed by atoms with Gasteiger partial charge in [0, 0.05) is 6.42 Å². The van der Waals surface area contributed by atoms with E-state index in [0.29, 0.717) is 0 Å². The Hall–Kier alpha value is -3.70. The highest BCUT2D eigenvalue weighted by atomic mass is 16.5. The Morgan fingerprint density at radius 1 is 0.938 bits per heavy atom. The number of fused-ring (bicyclic) bond motifs is 3. The van der Waals surface area contributed by atoms with E-state index >= 15 is 0 Å². The SMILES string of the molecule is C=CCOC(=O)[C@H](CCC(=O)O)NC1(c2ccccc2)c2ccccc2-c2ccccc21. The number of aliphatic carboxylic acids is 1. The average molecular weight is 428 g/mol. The molecule has 4 rings (SSSR count). The summed E-state index contributed by atoms with van der Waals surface area (Å²) in [6.07, 6.45) is 1.44. The molecule has 0 aromatic heterocycles. The maximum Gasteiger partial charge on any atom is 0.323 e. The van der Waals surface area contributed by atoms with Gasteiger partial charge in [-0.3, -0.25) is 14.9 Å². The van der Waals surface area contributed by atoms with Crippen molar-refractivity contribution in [2.75, 3.05) is 6.61 Å². The summed E-state index contributed by atoms with van der Waals surface area (Å²) in [4.78, 5) is 24.3. The number of esters is 1. The molecule has 0 radical (unpaired) electrons. The Morgan fingerprint density at radius 3 is 2.06 bits per heavy atom. The van der Waals surface area contributed by atoms with Crippen molar-refractivity contribution in [2.45, 2.75) is 24.4 Å². The van der Waals surface area contributed by atoms with Crippen molar-refractivity contribution in [3.05, 3.63) is 108 Å². The zero-order valence-electron chi connectivity index (χ0n) is 17.7. The van der Waals surface area contributed by atoms with Crippen LogP contribution in [0.25, 0.3) is 11.1 Å². The summed E-state index contributed by atoms with van der Waals surface area (Å²) in [6, 6.07) is 25.3. The molecule has 5 nitrogen and oxygen atoms in total. The van der Waals surface area contributed by atoms with Crippen LogP contribution < -0.4 is 5.32 Å². The molecule has 1 atom stereocenters. The van der Waals surface area contributed by atoms with Crippen molar-refractivity contribution in [1.82, 2.24) is 5.32 Å². The van der Waals surface area contributed by atoms with E-state index in [1.807, 2.05) is 54.6 Å². The maximum absolute atomic E-state index is 13.0. The molecule has 1 aliphatic carbocycles. The summed E-state index contributed by atoms with van der Waals surface area (Å²) >= 11 is 0. The molecule has 0 saturated carbocycles. The number of benzene rings is 3. The van der Waals surface area contributed by atoms with E-state index in [-0.39, 0.29) is 19.4 Å². The van der Waals surface area contributed by atoms with Gasteiger partial charge >= 0.3 is 11.9 Å². The van der Waals surface area contributed by atoms with Gasteiger partial charge in [0.2, 0.25) is 0 Å². The lowest BCUT2D eigenvalue weighted by molar-refractivity contribution is -0.146. The lowest BCUT2D eigenvalue weighted by Gasteiger charge is -2.37. The minimum atomic E-state index is -0.964. The molecule has 0 spiro atoms. The predicted octanol–water partition coefficient (Wildman–Crippen LogP) is 4.51. The summed E-state index contributed by atoms with van der Waals surface area (Å²) in [6.45, 7) is 3.66. The zero-order chi connectivity index (χ0) is 22.6. The standard InChI is InChI=1S/C27H25NO4/c1-2-18-32-26(31)24(16-17-25(29)30)28-27(19-10-4-3-5-11-19)22-14-8-6-12-20(22)21-13-7-9-15-23(21)27/h2-15,24,28H,1,16-18H2,(H,29,30)/t24-/m0/s1. The first kappa shape index (κ1) is 21.5. The van der Waals surface area contributed by atoms with Crippen LogP contribution >= 0.6 is 0 Å². The third-order valence-electron chi connectivity index (χ3n) is 5.82. The van der Waals surface area contributed by atoms with Gasteiger partial charge in [-0.25, -0.2) is 0 Å². The first-order valence-electron chi connectivity index (χ1n) is 10.6. The van der Waals surface area contributed by atoms with Crippen LogP contribution in [0.4, 0.5) is 0 Å². The largest absolute Gasteiger partial charge is 0.481 e. The number of carboxylic acid groups (broad SMARTS) is 1. The highest BCUT2D eigenvalue weighted by molar-refractivity contribution is 5.84. The number of carbonyl (C=O) groups is 2. The number of carbonyl (C=O) groups excluding carboxylic acids is 1. The third-order valence-corrected chi connectivity index (χ3v) is 5.82. The fraction of sp³-hybridized carbons (Fsp3) is 0.185. The fourth-order valence-corrected chi connectivity index (χ4v) is 4.49. The lowest BCUT2D eigenvalue weighted by atomic mass is 9.79. The molecule has 2 N–H and O–H groups in total. The van der Waals surface area contributed by atoms with Crippen LogP contribution in [-0.4, -0.2) is 29.7 Å². The highest BCUT2D eigenvalue weighted by Crippen LogP contribution is 2.51. The van der Waals surface area contributed by atoms with Crippen LogP contribution in [0.1, 0.15) is 29.5 Å². The van der Waals surface area contributed by atoms with Crippen LogP contribution in [-0.2, 0) is 19.9 Å². The van der Waals surface area contributed by atoms with Gasteiger partial charge in [0.25, 0.3) is 0 Å². The maximum atomic E-state index is 13.0. The smallest absolute Gasteiger partial charge is 0.323 e. The van der Waals surface area contributed by atoms with Gasteiger partial charge in [0.1, 0.15) is 12.6 Å². The van der Waals surface area contributed by atoms with Gasteiger partial charge in [-0.05, 0) is 34.2 Å². The van der Waals surface area contributed by atoms with Gasteiger partial charge < -0.3 is 9.84 Å². The fourth-order valence-electron chi connectivity index (χ4n) is 4.49. The summed E-state index contributed by atoms with van der Waals surface area (Å²) in [5.41, 5.74) is 4.33. The van der Waals surface area contributed by atoms with Gasteiger partial charge in [-0.1, -0.05) is 91.5 Å². The van der Waals surface area contributed by atoms with Crippen LogP contribution in [0.3, 0.4) is 0 Å². The van der Waals surface area contributed by atoms with Crippen LogP contribution in [0.15, 0.2) is 91.5 Å². The van der Waals surface area contributed by atoms with Crippen molar-refractivity contribution in [3.8, 4) is 11.1 Å². The lowest BCUT2D eigenvalue weighted by Crippen LogP contribution is -2.52. The van der Waals surface area contributed by atoms with E-state index in [0.717, 1.165) is 27.8 Å². The Balaban J connectivity index is 1.89. The number of hydrogen-bond donors (Lipinski definition) is 2. The summed E-state index contributed by atoms with van der Waals surface area (Å²) in [5.74, 6) is -1.46. The molecule has 0 aliphatic heterocycles. The molecule has 0 bridgehead atoms. The second-order valence-electron chi connectivity index (χ2n) is 7.76. The van der Waals surface area contributed by atoms with E-state index < -0.39 is 23.5 Å². The van der Waals surface area contributed by atoms with Crippen molar-refractivity contribution >= 4 is 11.9 Å². The van der Waals surface area contributed by atoms with Crippen LogP contribution in [0.5, 0.6) is 0 Å². The molecule has 3 aromatic rings. The molecular formula is C27H25NO4. The molecule has 32 heavy (non-hydrogen) atoms. The highest BCUT2D eigenvalue weighted by Gasteiger charge is 2.46. The molecule has 0 fully saturated rings. The molecule has 0 unspecified atom stereocenters. The second kappa shape index (κ2) is 9.20. The molecule has 3 aromatic carbocycles. The molecule has 162 valence electrons. The Morgan fingerprint density at radius 2 is 1.50 bits per heavy atom. The van der Waals surface area contributed by atoms with Gasteiger partial charge in [0.15, 0.2) is 0 Å². The Labute approximate surface area is 187 Å². The van der Waals surface area contributed by atoms with E-state index in [1.165, 1.54) is 6.08 Å². The third kappa shape index (κ3) is 3.83. The minimum absolute atomic E-state index is 0.0651. The van der Waals surface area contributed by atoms with Gasteiger partial charge in [-0.15, -0.1) is 0 Å². The average Bonchev–Trinajstić information content (AvgIpc) is 3.11. The monoisotopic (exact) mass is 427 g/mol. The van der Waals surface area contributed by atoms with E-state index in [9.17, 15) is 14.7 Å². The summed E-state index contributed by atoms with van der Waals surface area (Å²) in [5, 5.41) is 12.8. The number of rotatable bonds is 9. The van der Waals surface area contributed by atoms with Crippen molar-refractivity contribution in [1.29, 1.82) is 0 Å². The number of hydrogen-bond acceptors (Lipinski definition) is 4. The zero-order valence-corrected chi connectivity index (χ0v) is 17.7. The topological polar surface area (TPSA) is 75.6 Å². The van der Waals surface area contributed by atoms with Crippen LogP contribution in [0.2, 0.25) is 0 Å². The Kier molecular flexibility index (Phi) is 6.19. The molecule has 0 amide bonds. The summed E-state index contributed by atoms with van der Waals surface area (Å²) < 4.78 is 5.34. The first-order valence-corrected chi connectivity index (χ1v) is 10.6. The summed E-state index contributed by atoms with van der Waals surface area (Å²) in [7, 11) is 0. The quantitative estimate of drug-likeness (QED) is 0.388. The minimum Gasteiger partial charge on any atom is -0.481 e. The Bertz CT molecular complexity index is 1090. The number of ether oxygens (including phenoxy) is 1. The second-order valence-corrected chi connectivity index (χ2v) is 7.76. The van der Waals surface area contributed by atoms with Gasteiger partial charge in [0.05, 0.1) is 5.54 Å². The van der Waals surface area contributed by atoms with Gasteiger partial charge in [-0.2, -0.15) is 0 Å². The molecule has 0 saturated heterocycles. The number of carboxylic acids is 1. The van der Waals surface area contributed by atoms with E-state index in [1.54, 1.807) is 0 Å². The molecular weight excluding hydrogens is 402 g/mol. The number of nitrogens with one attached hydrogen (secondary N) is 1. The van der Waals surface area contributed by atoms with Crippen molar-refractivity contribution in [2.24, 2.45) is 0 Å². The van der Waals surface area contributed by atoms with Crippen molar-refractivity contribution < 1.29 is 19.4 Å². The molecule has 0 heterocycles. The normalized spacial score (nSPS) is 14.1. The van der Waals surface area contributed by atoms with E-state index in [4.69, 9.17) is 4.74 Å². The van der Waals surface area contributed by atoms with Crippen molar-refractivity contribution in [3.63, 3.8) is 0 Å². The molecule has 5 heteroatoms. The first-order chi connectivity index (χ1) is 15.6. The molecule has 1 aliphatic rings. The van der Waals surface area contributed by atoms with Crippen LogP contribution in [0, 0.1) is 0 Å². The van der Waals surface area contributed by atoms with E-state index in [2.05, 4.69) is 36.2 Å².